The number of nitrogens with zero attached hydrogens (tertiary/aromatic N) is 2. The quantitative estimate of drug-likeness (QED) is 0.789. The van der Waals surface area contributed by atoms with Gasteiger partial charge in [0.1, 0.15) is 0 Å². The van der Waals surface area contributed by atoms with Gasteiger partial charge in [0.2, 0.25) is 0 Å². The Kier molecular flexibility index (Phi) is 4.47. The summed E-state index contributed by atoms with van der Waals surface area (Å²) in [6.07, 6.45) is 0.436. The summed E-state index contributed by atoms with van der Waals surface area (Å²) in [6.45, 7) is 2.03. The van der Waals surface area contributed by atoms with E-state index in [0.717, 1.165) is 17.0 Å². The Bertz CT molecular complexity index is 580. The van der Waals surface area contributed by atoms with E-state index in [0.29, 0.717) is 6.42 Å². The molecule has 19 heavy (non-hydrogen) atoms. The Morgan fingerprint density at radius 3 is 2.95 bits per heavy atom. The van der Waals surface area contributed by atoms with Gasteiger partial charge in [0.15, 0.2) is 0 Å². The molecule has 0 saturated carbocycles. The molecule has 0 aliphatic carbocycles. The summed E-state index contributed by atoms with van der Waals surface area (Å²) >= 11 is 1.72. The normalized spacial score (nSPS) is 12.6. The predicted octanol–water partition coefficient (Wildman–Crippen LogP) is 2.76. The third-order valence-corrected chi connectivity index (χ3v) is 4.20. The number of hydrogen-bond acceptors (Lipinski definition) is 4. The molecule has 0 radical (unpaired) electrons. The summed E-state index contributed by atoms with van der Waals surface area (Å²) in [4.78, 5) is 11.2. The van der Waals surface area contributed by atoms with Gasteiger partial charge < -0.3 is 4.74 Å². The van der Waals surface area contributed by atoms with Gasteiger partial charge in [-0.15, -0.1) is 0 Å². The summed E-state index contributed by atoms with van der Waals surface area (Å²) in [7, 11) is 3.38. The van der Waals surface area contributed by atoms with Gasteiger partial charge in [-0.3, -0.25) is 9.48 Å². The molecule has 4 nitrogen and oxygen atoms in total. The van der Waals surface area contributed by atoms with Crippen LogP contribution in [-0.2, 0) is 22.3 Å². The Morgan fingerprint density at radius 2 is 2.21 bits per heavy atom. The highest BCUT2D eigenvalue weighted by molar-refractivity contribution is 7.99. The molecule has 5 heteroatoms. The first-order chi connectivity index (χ1) is 9.11. The molecule has 0 aliphatic heterocycles. The largest absolute Gasteiger partial charge is 0.469 e. The second kappa shape index (κ2) is 6.10. The highest BCUT2D eigenvalue weighted by Gasteiger charge is 2.13. The van der Waals surface area contributed by atoms with Crippen molar-refractivity contribution in [1.82, 2.24) is 9.78 Å². The van der Waals surface area contributed by atoms with E-state index in [1.54, 1.807) is 11.8 Å². The van der Waals surface area contributed by atoms with Crippen LogP contribution in [-0.4, -0.2) is 28.1 Å². The van der Waals surface area contributed by atoms with Gasteiger partial charge in [0, 0.05) is 23.4 Å². The number of benzene rings is 1. The molecule has 1 aromatic carbocycles. The van der Waals surface area contributed by atoms with Crippen LogP contribution in [0.3, 0.4) is 0 Å². The molecule has 0 N–H and O–H groups in total. The van der Waals surface area contributed by atoms with Crippen LogP contribution in [0.4, 0.5) is 0 Å². The maximum Gasteiger partial charge on any atom is 0.306 e. The number of rotatable bonds is 5. The van der Waals surface area contributed by atoms with Crippen molar-refractivity contribution < 1.29 is 9.53 Å². The predicted molar refractivity (Wildman–Crippen MR) is 78.1 cm³/mol. The van der Waals surface area contributed by atoms with Crippen LogP contribution in [0.15, 0.2) is 24.3 Å². The number of carbonyl (C=O) groups excluding carboxylic acids is 1. The van der Waals surface area contributed by atoms with Crippen LogP contribution in [0, 0.1) is 0 Å². The number of aryl methyl sites for hydroxylation is 1. The molecule has 0 saturated heterocycles. The number of aromatic nitrogens is 2. The molecule has 2 rings (SSSR count). The number of ether oxygens (including phenoxy) is 1. The standard InChI is InChI=1S/C14H18N2O2S/c1-10(8-14(17)18-3)19-9-12-11-6-4-5-7-13(11)16(2)15-12/h4-7,10H,8-9H2,1-3H3. The number of esters is 1. The lowest BCUT2D eigenvalue weighted by atomic mass is 10.2. The average molecular weight is 278 g/mol. The number of methoxy groups -OCH3 is 1. The number of fused-ring (bicyclic) bond motifs is 1. The minimum absolute atomic E-state index is 0.161. The highest BCUT2D eigenvalue weighted by Crippen LogP contribution is 2.25. The van der Waals surface area contributed by atoms with Gasteiger partial charge in [-0.2, -0.15) is 16.9 Å². The van der Waals surface area contributed by atoms with Crippen LogP contribution in [0.5, 0.6) is 0 Å². The molecular formula is C14H18N2O2S. The van der Waals surface area contributed by atoms with E-state index < -0.39 is 0 Å². The zero-order valence-electron chi connectivity index (χ0n) is 11.4. The molecule has 1 atom stereocenters. The minimum Gasteiger partial charge on any atom is -0.469 e. The molecule has 0 aliphatic rings. The Morgan fingerprint density at radius 1 is 1.47 bits per heavy atom. The lowest BCUT2D eigenvalue weighted by Gasteiger charge is -2.08. The molecule has 102 valence electrons. The van der Waals surface area contributed by atoms with Crippen LogP contribution in [0.2, 0.25) is 0 Å². The van der Waals surface area contributed by atoms with Gasteiger partial charge in [-0.05, 0) is 6.07 Å². The first-order valence-corrected chi connectivity index (χ1v) is 7.25. The zero-order valence-corrected chi connectivity index (χ0v) is 12.2. The number of hydrogen-bond donors (Lipinski definition) is 0. The van der Waals surface area contributed by atoms with E-state index in [1.807, 2.05) is 30.8 Å². The maximum absolute atomic E-state index is 11.2. The summed E-state index contributed by atoms with van der Waals surface area (Å²) in [5.74, 6) is 0.644. The van der Waals surface area contributed by atoms with Crippen molar-refractivity contribution in [3.05, 3.63) is 30.0 Å². The lowest BCUT2D eigenvalue weighted by molar-refractivity contribution is -0.140. The van der Waals surface area contributed by atoms with Crippen LogP contribution >= 0.6 is 11.8 Å². The van der Waals surface area contributed by atoms with Crippen molar-refractivity contribution in [3.63, 3.8) is 0 Å². The lowest BCUT2D eigenvalue weighted by Crippen LogP contribution is -2.08. The molecule has 0 spiro atoms. The van der Waals surface area contributed by atoms with Crippen molar-refractivity contribution >= 4 is 28.6 Å². The molecule has 1 aromatic heterocycles. The maximum atomic E-state index is 11.2. The fourth-order valence-electron chi connectivity index (χ4n) is 1.99. The highest BCUT2D eigenvalue weighted by atomic mass is 32.2. The van der Waals surface area contributed by atoms with Gasteiger partial charge in [-0.1, -0.05) is 25.1 Å². The topological polar surface area (TPSA) is 44.1 Å². The molecule has 2 aromatic rings. The summed E-state index contributed by atoms with van der Waals surface area (Å²) < 4.78 is 6.57. The van der Waals surface area contributed by atoms with Crippen molar-refractivity contribution in [2.75, 3.05) is 7.11 Å². The van der Waals surface area contributed by atoms with Crippen LogP contribution in [0.1, 0.15) is 19.0 Å². The fraction of sp³-hybridized carbons (Fsp3) is 0.429. The molecule has 0 fully saturated rings. The van der Waals surface area contributed by atoms with Gasteiger partial charge in [-0.25, -0.2) is 0 Å². The molecule has 0 amide bonds. The fourth-order valence-corrected chi connectivity index (χ4v) is 2.90. The molecule has 0 bridgehead atoms. The molecule has 1 unspecified atom stereocenters. The van der Waals surface area contributed by atoms with Crippen molar-refractivity contribution in [2.24, 2.45) is 7.05 Å². The smallest absolute Gasteiger partial charge is 0.306 e. The summed E-state index contributed by atoms with van der Waals surface area (Å²) in [5.41, 5.74) is 2.21. The molecular weight excluding hydrogens is 260 g/mol. The Hall–Kier alpha value is -1.49. The summed E-state index contributed by atoms with van der Waals surface area (Å²) in [6, 6.07) is 8.19. The minimum atomic E-state index is -0.161. The second-order valence-electron chi connectivity index (χ2n) is 4.49. The molecule has 1 heterocycles. The average Bonchev–Trinajstić information content (AvgIpc) is 2.74. The Labute approximate surface area is 117 Å². The van der Waals surface area contributed by atoms with Crippen molar-refractivity contribution in [3.8, 4) is 0 Å². The number of carbonyl (C=O) groups is 1. The van der Waals surface area contributed by atoms with E-state index in [-0.39, 0.29) is 11.2 Å². The third kappa shape index (κ3) is 3.29. The Balaban J connectivity index is 2.04. The monoisotopic (exact) mass is 278 g/mol. The van der Waals surface area contributed by atoms with E-state index in [1.165, 1.54) is 12.5 Å². The van der Waals surface area contributed by atoms with Gasteiger partial charge in [0.05, 0.1) is 24.7 Å². The van der Waals surface area contributed by atoms with Crippen LogP contribution in [0.25, 0.3) is 10.9 Å². The van der Waals surface area contributed by atoms with Crippen molar-refractivity contribution in [2.45, 2.75) is 24.3 Å². The van der Waals surface area contributed by atoms with E-state index in [4.69, 9.17) is 0 Å². The van der Waals surface area contributed by atoms with E-state index in [2.05, 4.69) is 22.0 Å². The second-order valence-corrected chi connectivity index (χ2v) is 5.92. The van der Waals surface area contributed by atoms with E-state index >= 15 is 0 Å². The van der Waals surface area contributed by atoms with Crippen molar-refractivity contribution in [1.29, 1.82) is 0 Å². The SMILES string of the molecule is COC(=O)CC(C)SCc1nn(C)c2ccccc12. The summed E-state index contributed by atoms with van der Waals surface area (Å²) in [5, 5.41) is 5.95. The van der Waals surface area contributed by atoms with Crippen LogP contribution < -0.4 is 0 Å². The van der Waals surface area contributed by atoms with Gasteiger partial charge >= 0.3 is 5.97 Å². The first kappa shape index (κ1) is 13.9. The van der Waals surface area contributed by atoms with E-state index in [9.17, 15) is 4.79 Å². The number of para-hydroxylation sites is 1. The number of thioether (sulfide) groups is 1. The zero-order chi connectivity index (χ0) is 13.8. The van der Waals surface area contributed by atoms with Gasteiger partial charge in [0.25, 0.3) is 0 Å². The third-order valence-electron chi connectivity index (χ3n) is 3.02. The first-order valence-electron chi connectivity index (χ1n) is 6.21.